The van der Waals surface area contributed by atoms with Gasteiger partial charge in [0.15, 0.2) is 0 Å². The third-order valence-electron chi connectivity index (χ3n) is 4.13. The van der Waals surface area contributed by atoms with Crippen LogP contribution in [-0.4, -0.2) is 46.5 Å². The number of hydrogen-bond acceptors (Lipinski definition) is 6. The van der Waals surface area contributed by atoms with E-state index in [4.69, 9.17) is 22.1 Å². The lowest BCUT2D eigenvalue weighted by Crippen LogP contribution is -2.71. The largest absolute Gasteiger partial charge is 0.461 e. The molecular weight excluding hydrogens is 378 g/mol. The van der Waals surface area contributed by atoms with Gasteiger partial charge in [-0.3, -0.25) is 14.5 Å². The predicted molar refractivity (Wildman–Crippen MR) is 97.9 cm³/mol. The zero-order valence-electron chi connectivity index (χ0n) is 14.0. The molecule has 0 aromatic heterocycles. The van der Waals surface area contributed by atoms with Crippen molar-refractivity contribution < 1.29 is 19.1 Å². The van der Waals surface area contributed by atoms with Crippen LogP contribution >= 0.6 is 23.4 Å². The molecule has 0 radical (unpaired) electrons. The van der Waals surface area contributed by atoms with Crippen molar-refractivity contribution in [2.24, 2.45) is 5.73 Å². The third kappa shape index (κ3) is 3.32. The van der Waals surface area contributed by atoms with Crippen LogP contribution in [0.4, 0.5) is 0 Å². The van der Waals surface area contributed by atoms with Crippen molar-refractivity contribution in [1.82, 2.24) is 10.2 Å². The number of hydrogen-bond donors (Lipinski definition) is 2. The van der Waals surface area contributed by atoms with Crippen LogP contribution in [0.25, 0.3) is 0 Å². The van der Waals surface area contributed by atoms with E-state index in [1.54, 1.807) is 31.2 Å². The zero-order chi connectivity index (χ0) is 18.8. The zero-order valence-corrected chi connectivity index (χ0v) is 15.5. The van der Waals surface area contributed by atoms with Crippen LogP contribution in [-0.2, 0) is 19.1 Å². The Morgan fingerprint density at radius 2 is 2.12 bits per heavy atom. The molecule has 7 nitrogen and oxygen atoms in total. The van der Waals surface area contributed by atoms with Gasteiger partial charge >= 0.3 is 5.97 Å². The molecule has 3 atom stereocenters. The van der Waals surface area contributed by atoms with Gasteiger partial charge in [-0.15, -0.1) is 11.8 Å². The number of thioether (sulfide) groups is 1. The molecule has 1 saturated heterocycles. The Labute approximate surface area is 159 Å². The van der Waals surface area contributed by atoms with Crippen molar-refractivity contribution in [1.29, 1.82) is 0 Å². The van der Waals surface area contributed by atoms with E-state index in [0.29, 0.717) is 11.3 Å². The highest BCUT2D eigenvalue weighted by atomic mass is 35.5. The van der Waals surface area contributed by atoms with E-state index in [0.717, 1.165) is 0 Å². The molecule has 2 aliphatic heterocycles. The van der Waals surface area contributed by atoms with Crippen molar-refractivity contribution in [3.8, 4) is 0 Å². The number of nitrogens with one attached hydrogen (secondary N) is 1. The number of rotatable bonds is 5. The fraction of sp³-hybridized carbons (Fsp3) is 0.353. The average molecular weight is 396 g/mol. The van der Waals surface area contributed by atoms with Crippen molar-refractivity contribution in [2.45, 2.75) is 24.4 Å². The minimum Gasteiger partial charge on any atom is -0.461 e. The van der Waals surface area contributed by atoms with Crippen molar-refractivity contribution in [3.05, 3.63) is 46.6 Å². The smallest absolute Gasteiger partial charge is 0.356 e. The maximum atomic E-state index is 12.5. The standard InChI is InChI=1S/C17H18ClN3O4S/c1-2-25-17(24)13-10(18)8-26-16-12(15(23)21(13)16)20-14(22)11(19)9-6-4-3-5-7-9/h3-7,11-12,16H,2,8,19H2,1H3,(H,20,22)/t11-,12-,16-/m1/s1. The highest BCUT2D eigenvalue weighted by Crippen LogP contribution is 2.41. The van der Waals surface area contributed by atoms with Gasteiger partial charge in [-0.1, -0.05) is 41.9 Å². The van der Waals surface area contributed by atoms with Gasteiger partial charge in [0.1, 0.15) is 23.2 Å². The summed E-state index contributed by atoms with van der Waals surface area (Å²) < 4.78 is 4.97. The quantitative estimate of drug-likeness (QED) is 0.571. The van der Waals surface area contributed by atoms with E-state index in [9.17, 15) is 14.4 Å². The third-order valence-corrected chi connectivity index (χ3v) is 5.88. The van der Waals surface area contributed by atoms with Gasteiger partial charge in [0, 0.05) is 5.75 Å². The first kappa shape index (κ1) is 18.8. The molecule has 3 rings (SSSR count). The summed E-state index contributed by atoms with van der Waals surface area (Å²) in [5, 5.41) is 2.54. The summed E-state index contributed by atoms with van der Waals surface area (Å²) in [5.74, 6) is -1.13. The highest BCUT2D eigenvalue weighted by molar-refractivity contribution is 8.00. The predicted octanol–water partition coefficient (Wildman–Crippen LogP) is 1.10. The summed E-state index contributed by atoms with van der Waals surface area (Å²) in [6.45, 7) is 1.85. The SMILES string of the molecule is CCOC(=O)C1=C(Cl)CS[C@@H]2[C@H](NC(=O)[C@H](N)c3ccccc3)C(=O)N12. The molecule has 1 aromatic carbocycles. The number of nitrogens with zero attached hydrogens (tertiary/aromatic N) is 1. The lowest BCUT2D eigenvalue weighted by atomic mass is 10.0. The van der Waals surface area contributed by atoms with E-state index >= 15 is 0 Å². The molecule has 2 aliphatic rings. The summed E-state index contributed by atoms with van der Waals surface area (Å²) in [6.07, 6.45) is 0. The summed E-state index contributed by atoms with van der Waals surface area (Å²) in [4.78, 5) is 38.3. The molecule has 0 spiro atoms. The van der Waals surface area contributed by atoms with Crippen LogP contribution in [0, 0.1) is 0 Å². The number of amides is 2. The van der Waals surface area contributed by atoms with Crippen LogP contribution in [0.2, 0.25) is 0 Å². The van der Waals surface area contributed by atoms with E-state index < -0.39 is 35.2 Å². The number of fused-ring (bicyclic) bond motifs is 1. The Balaban J connectivity index is 1.71. The number of ether oxygens (including phenoxy) is 1. The van der Waals surface area contributed by atoms with Crippen molar-refractivity contribution in [2.75, 3.05) is 12.4 Å². The Bertz CT molecular complexity index is 771. The molecular formula is C17H18ClN3O4S. The molecule has 1 fully saturated rings. The van der Waals surface area contributed by atoms with Gasteiger partial charge in [-0.25, -0.2) is 4.79 Å². The molecule has 0 aliphatic carbocycles. The van der Waals surface area contributed by atoms with Crippen LogP contribution in [0.3, 0.4) is 0 Å². The molecule has 0 unspecified atom stereocenters. The number of carbonyl (C=O) groups is 3. The fourth-order valence-corrected chi connectivity index (χ4v) is 4.37. The first-order chi connectivity index (χ1) is 12.5. The Morgan fingerprint density at radius 3 is 2.77 bits per heavy atom. The number of halogens is 1. The molecule has 3 N–H and O–H groups in total. The van der Waals surface area contributed by atoms with Crippen LogP contribution < -0.4 is 11.1 Å². The second-order valence-corrected chi connectivity index (χ2v) is 7.32. The van der Waals surface area contributed by atoms with E-state index in [1.807, 2.05) is 6.07 Å². The molecule has 0 bridgehead atoms. The molecule has 2 heterocycles. The molecule has 9 heteroatoms. The summed E-state index contributed by atoms with van der Waals surface area (Å²) in [5.41, 5.74) is 6.68. The van der Waals surface area contributed by atoms with Crippen molar-refractivity contribution >= 4 is 41.1 Å². The van der Waals surface area contributed by atoms with E-state index in [-0.39, 0.29) is 17.3 Å². The average Bonchev–Trinajstić information content (AvgIpc) is 2.65. The fourth-order valence-electron chi connectivity index (χ4n) is 2.83. The lowest BCUT2D eigenvalue weighted by Gasteiger charge is -2.49. The van der Waals surface area contributed by atoms with Crippen molar-refractivity contribution in [3.63, 3.8) is 0 Å². The maximum Gasteiger partial charge on any atom is 0.356 e. The molecule has 138 valence electrons. The number of nitrogens with two attached hydrogens (primary N) is 1. The number of benzene rings is 1. The number of β-lactam (4-membered cyclic amide) rings is 1. The Morgan fingerprint density at radius 1 is 1.42 bits per heavy atom. The lowest BCUT2D eigenvalue weighted by molar-refractivity contribution is -0.152. The Hall–Kier alpha value is -2.03. The van der Waals surface area contributed by atoms with E-state index in [2.05, 4.69) is 5.32 Å². The van der Waals surface area contributed by atoms with Gasteiger partial charge in [-0.05, 0) is 12.5 Å². The van der Waals surface area contributed by atoms with Gasteiger partial charge in [0.2, 0.25) is 5.91 Å². The van der Waals surface area contributed by atoms with Gasteiger partial charge < -0.3 is 15.8 Å². The molecule has 0 saturated carbocycles. The van der Waals surface area contributed by atoms with Crippen LogP contribution in [0.15, 0.2) is 41.1 Å². The second kappa shape index (κ2) is 7.69. The summed E-state index contributed by atoms with van der Waals surface area (Å²) in [6, 6.07) is 7.26. The first-order valence-corrected chi connectivity index (χ1v) is 9.49. The number of carbonyl (C=O) groups excluding carboxylic acids is 3. The second-order valence-electron chi connectivity index (χ2n) is 5.76. The highest BCUT2D eigenvalue weighted by Gasteiger charge is 2.54. The van der Waals surface area contributed by atoms with Gasteiger partial charge in [0.05, 0.1) is 11.6 Å². The normalized spacial score (nSPS) is 23.0. The maximum absolute atomic E-state index is 12.5. The topological polar surface area (TPSA) is 102 Å². The minimum atomic E-state index is -0.879. The minimum absolute atomic E-state index is 0.0557. The van der Waals surface area contributed by atoms with E-state index in [1.165, 1.54) is 16.7 Å². The summed E-state index contributed by atoms with van der Waals surface area (Å²) in [7, 11) is 0. The molecule has 1 aromatic rings. The molecule has 26 heavy (non-hydrogen) atoms. The van der Waals surface area contributed by atoms with Crippen LogP contribution in [0.1, 0.15) is 18.5 Å². The molecule has 2 amide bonds. The number of esters is 1. The Kier molecular flexibility index (Phi) is 5.55. The van der Waals surface area contributed by atoms with Crippen LogP contribution in [0.5, 0.6) is 0 Å². The monoisotopic (exact) mass is 395 g/mol. The summed E-state index contributed by atoms with van der Waals surface area (Å²) >= 11 is 7.49. The van der Waals surface area contributed by atoms with Gasteiger partial charge in [-0.2, -0.15) is 0 Å². The first-order valence-electron chi connectivity index (χ1n) is 8.07. The van der Waals surface area contributed by atoms with Gasteiger partial charge in [0.25, 0.3) is 5.91 Å².